The number of benzene rings is 2. The molecule has 1 fully saturated rings. The van der Waals surface area contributed by atoms with Crippen molar-refractivity contribution in [1.82, 2.24) is 15.5 Å². The number of carbonyl (C=O) groups is 3. The summed E-state index contributed by atoms with van der Waals surface area (Å²) >= 11 is 0. The summed E-state index contributed by atoms with van der Waals surface area (Å²) in [4.78, 5) is 38.3. The predicted molar refractivity (Wildman–Crippen MR) is 127 cm³/mol. The van der Waals surface area contributed by atoms with Crippen molar-refractivity contribution in [2.75, 3.05) is 27.2 Å². The molecule has 0 radical (unpaired) electrons. The number of alkyl carbamates (subject to hydrolysis) is 1. The zero-order chi connectivity index (χ0) is 24.2. The van der Waals surface area contributed by atoms with E-state index in [9.17, 15) is 19.5 Å². The van der Waals surface area contributed by atoms with Gasteiger partial charge in [-0.05, 0) is 55.1 Å². The van der Waals surface area contributed by atoms with Gasteiger partial charge in [0.1, 0.15) is 12.6 Å². The minimum absolute atomic E-state index is 0.0199. The lowest BCUT2D eigenvalue weighted by Gasteiger charge is -2.22. The van der Waals surface area contributed by atoms with E-state index < -0.39 is 24.0 Å². The smallest absolute Gasteiger partial charge is 0.407 e. The highest BCUT2D eigenvalue weighted by Gasteiger charge is 2.35. The molecular weight excluding hydrogens is 434 g/mol. The molecule has 0 heterocycles. The van der Waals surface area contributed by atoms with Crippen LogP contribution < -0.4 is 10.6 Å². The number of likely N-dealkylation sites (N-methyl/N-ethyl adjacent to an activating group) is 1. The number of hydrogen-bond acceptors (Lipinski definition) is 5. The van der Waals surface area contributed by atoms with Crippen LogP contribution in [0.1, 0.15) is 36.3 Å². The van der Waals surface area contributed by atoms with E-state index in [1.807, 2.05) is 24.3 Å². The number of carboxylic acids is 1. The Bertz CT molecular complexity index is 1020. The summed E-state index contributed by atoms with van der Waals surface area (Å²) in [6, 6.07) is 14.9. The van der Waals surface area contributed by atoms with Gasteiger partial charge < -0.3 is 25.4 Å². The van der Waals surface area contributed by atoms with Crippen LogP contribution in [0, 0.1) is 5.92 Å². The summed E-state index contributed by atoms with van der Waals surface area (Å²) in [6.45, 7) is 0.391. The molecule has 0 bridgehead atoms. The first-order valence-electron chi connectivity index (χ1n) is 11.6. The van der Waals surface area contributed by atoms with Gasteiger partial charge in [0.05, 0.1) is 0 Å². The normalized spacial score (nSPS) is 16.3. The minimum atomic E-state index is -1.09. The molecule has 0 saturated heterocycles. The zero-order valence-electron chi connectivity index (χ0n) is 19.5. The van der Waals surface area contributed by atoms with Gasteiger partial charge in [-0.2, -0.15) is 0 Å². The lowest BCUT2D eigenvalue weighted by atomic mass is 9.98. The molecule has 2 atom stereocenters. The molecule has 2 unspecified atom stereocenters. The number of carboxylic acid groups (broad SMARTS) is 1. The highest BCUT2D eigenvalue weighted by molar-refractivity contribution is 5.84. The first kappa shape index (κ1) is 23.8. The molecule has 2 aromatic carbocycles. The molecular formula is C26H31N3O5. The third-order valence-corrected chi connectivity index (χ3v) is 6.42. The van der Waals surface area contributed by atoms with Crippen LogP contribution in [0.4, 0.5) is 4.79 Å². The first-order valence-corrected chi connectivity index (χ1v) is 11.6. The topological polar surface area (TPSA) is 108 Å². The second kappa shape index (κ2) is 10.3. The Morgan fingerprint density at radius 2 is 1.59 bits per heavy atom. The molecule has 2 amide bonds. The van der Waals surface area contributed by atoms with Gasteiger partial charge in [0.25, 0.3) is 0 Å². The van der Waals surface area contributed by atoms with Gasteiger partial charge in [-0.15, -0.1) is 0 Å². The van der Waals surface area contributed by atoms with E-state index >= 15 is 0 Å². The van der Waals surface area contributed by atoms with Gasteiger partial charge in [0, 0.05) is 24.9 Å². The van der Waals surface area contributed by atoms with E-state index in [0.29, 0.717) is 0 Å². The molecule has 8 heteroatoms. The predicted octanol–water partition coefficient (Wildman–Crippen LogP) is 2.82. The molecule has 34 heavy (non-hydrogen) atoms. The largest absolute Gasteiger partial charge is 0.480 e. The van der Waals surface area contributed by atoms with Crippen molar-refractivity contribution in [3.63, 3.8) is 0 Å². The standard InChI is InChI=1S/C26H31N3O5/c1-29(2)14-23(25(31)32)27-24(30)13-22(16-11-12-16)28-26(33)34-15-21-19-9-5-3-7-17(19)18-8-4-6-10-20(18)21/h3-10,16,21-23H,11-15H2,1-2H3,(H,27,30)(H,28,33)(H,31,32). The quantitative estimate of drug-likeness (QED) is 0.498. The van der Waals surface area contributed by atoms with Gasteiger partial charge in [-0.1, -0.05) is 48.5 Å². The molecule has 0 aromatic heterocycles. The summed E-state index contributed by atoms with van der Waals surface area (Å²) < 4.78 is 5.62. The summed E-state index contributed by atoms with van der Waals surface area (Å²) in [5.74, 6) is -1.33. The van der Waals surface area contributed by atoms with Crippen LogP contribution in [0.2, 0.25) is 0 Å². The van der Waals surface area contributed by atoms with Gasteiger partial charge >= 0.3 is 12.1 Å². The molecule has 4 rings (SSSR count). The van der Waals surface area contributed by atoms with Crippen molar-refractivity contribution >= 4 is 18.0 Å². The van der Waals surface area contributed by atoms with Crippen LogP contribution in [0.5, 0.6) is 0 Å². The number of carbonyl (C=O) groups excluding carboxylic acids is 2. The van der Waals surface area contributed by atoms with Crippen LogP contribution in [-0.2, 0) is 14.3 Å². The number of ether oxygens (including phenoxy) is 1. The van der Waals surface area contributed by atoms with Crippen molar-refractivity contribution in [1.29, 1.82) is 0 Å². The fourth-order valence-electron chi connectivity index (χ4n) is 4.63. The van der Waals surface area contributed by atoms with E-state index in [1.165, 1.54) is 0 Å². The van der Waals surface area contributed by atoms with Crippen LogP contribution in [-0.4, -0.2) is 67.3 Å². The summed E-state index contributed by atoms with van der Waals surface area (Å²) in [5.41, 5.74) is 4.58. The van der Waals surface area contributed by atoms with Gasteiger partial charge in [0.15, 0.2) is 0 Å². The SMILES string of the molecule is CN(C)CC(NC(=O)CC(NC(=O)OCC1c2ccccc2-c2ccccc21)C1CC1)C(=O)O. The number of nitrogens with one attached hydrogen (secondary N) is 2. The van der Waals surface area contributed by atoms with Crippen molar-refractivity contribution < 1.29 is 24.2 Å². The fourth-order valence-corrected chi connectivity index (χ4v) is 4.63. The summed E-state index contributed by atoms with van der Waals surface area (Å²) in [6.07, 6.45) is 1.30. The first-order chi connectivity index (χ1) is 16.3. The lowest BCUT2D eigenvalue weighted by Crippen LogP contribution is -2.49. The fraction of sp³-hybridized carbons (Fsp3) is 0.423. The van der Waals surface area contributed by atoms with Crippen LogP contribution in [0.25, 0.3) is 11.1 Å². The molecule has 2 aliphatic carbocycles. The van der Waals surface area contributed by atoms with Gasteiger partial charge in [-0.3, -0.25) is 4.79 Å². The third kappa shape index (κ3) is 5.56. The highest BCUT2D eigenvalue weighted by atomic mass is 16.5. The van der Waals surface area contributed by atoms with E-state index in [0.717, 1.165) is 35.1 Å². The maximum Gasteiger partial charge on any atom is 0.407 e. The van der Waals surface area contributed by atoms with Gasteiger partial charge in [-0.25, -0.2) is 9.59 Å². The average molecular weight is 466 g/mol. The van der Waals surface area contributed by atoms with Crippen molar-refractivity contribution in [2.24, 2.45) is 5.92 Å². The number of fused-ring (bicyclic) bond motifs is 3. The van der Waals surface area contributed by atoms with E-state index in [-0.39, 0.29) is 37.5 Å². The number of hydrogen-bond donors (Lipinski definition) is 3. The van der Waals surface area contributed by atoms with Crippen molar-refractivity contribution in [3.05, 3.63) is 59.7 Å². The zero-order valence-corrected chi connectivity index (χ0v) is 19.5. The number of rotatable bonds is 10. The summed E-state index contributed by atoms with van der Waals surface area (Å²) in [7, 11) is 3.49. The second-order valence-corrected chi connectivity index (χ2v) is 9.34. The average Bonchev–Trinajstić information content (AvgIpc) is 3.59. The van der Waals surface area contributed by atoms with Crippen LogP contribution in [0.15, 0.2) is 48.5 Å². The van der Waals surface area contributed by atoms with E-state index in [2.05, 4.69) is 34.9 Å². The molecule has 1 saturated carbocycles. The number of amides is 2. The van der Waals surface area contributed by atoms with Gasteiger partial charge in [0.2, 0.25) is 5.91 Å². The molecule has 3 N–H and O–H groups in total. The maximum absolute atomic E-state index is 12.7. The Morgan fingerprint density at radius 1 is 1.00 bits per heavy atom. The Labute approximate surface area is 199 Å². The Balaban J connectivity index is 1.34. The number of nitrogens with zero attached hydrogens (tertiary/aromatic N) is 1. The maximum atomic E-state index is 12.7. The lowest BCUT2D eigenvalue weighted by molar-refractivity contribution is -0.142. The highest BCUT2D eigenvalue weighted by Crippen LogP contribution is 2.44. The number of aliphatic carboxylic acids is 1. The van der Waals surface area contributed by atoms with Crippen LogP contribution in [0.3, 0.4) is 0 Å². The Kier molecular flexibility index (Phi) is 7.17. The Morgan fingerprint density at radius 3 is 2.12 bits per heavy atom. The molecule has 180 valence electrons. The molecule has 2 aliphatic rings. The summed E-state index contributed by atoms with van der Waals surface area (Å²) in [5, 5.41) is 14.8. The minimum Gasteiger partial charge on any atom is -0.480 e. The monoisotopic (exact) mass is 465 g/mol. The third-order valence-electron chi connectivity index (χ3n) is 6.42. The second-order valence-electron chi connectivity index (χ2n) is 9.34. The molecule has 2 aromatic rings. The van der Waals surface area contributed by atoms with E-state index in [1.54, 1.807) is 19.0 Å². The van der Waals surface area contributed by atoms with E-state index in [4.69, 9.17) is 4.74 Å². The van der Waals surface area contributed by atoms with Crippen molar-refractivity contribution in [2.45, 2.75) is 37.3 Å². The molecule has 0 aliphatic heterocycles. The Hall–Kier alpha value is -3.39. The molecule has 8 nitrogen and oxygen atoms in total. The van der Waals surface area contributed by atoms with Crippen molar-refractivity contribution in [3.8, 4) is 11.1 Å². The molecule has 0 spiro atoms. The van der Waals surface area contributed by atoms with Crippen LogP contribution >= 0.6 is 0 Å².